The summed E-state index contributed by atoms with van der Waals surface area (Å²) >= 11 is 0. The summed E-state index contributed by atoms with van der Waals surface area (Å²) in [6, 6.07) is 23.5. The van der Waals surface area contributed by atoms with E-state index in [1.54, 1.807) is 6.07 Å². The molecule has 0 bridgehead atoms. The van der Waals surface area contributed by atoms with Gasteiger partial charge in [-0.2, -0.15) is 0 Å². The number of carbonyl (C=O) groups excluding carboxylic acids is 1. The van der Waals surface area contributed by atoms with Gasteiger partial charge in [0.2, 0.25) is 0 Å². The monoisotopic (exact) mass is 412 g/mol. The topological polar surface area (TPSA) is 55.4 Å². The van der Waals surface area contributed by atoms with Crippen LogP contribution in [0.3, 0.4) is 0 Å². The summed E-state index contributed by atoms with van der Waals surface area (Å²) in [4.78, 5) is 17.7. The molecule has 0 saturated carbocycles. The fourth-order valence-corrected chi connectivity index (χ4v) is 4.50. The van der Waals surface area contributed by atoms with Crippen LogP contribution in [0.25, 0.3) is 22.2 Å². The van der Waals surface area contributed by atoms with Gasteiger partial charge in [0.15, 0.2) is 0 Å². The molecule has 0 atom stereocenters. The van der Waals surface area contributed by atoms with Crippen molar-refractivity contribution in [3.63, 3.8) is 0 Å². The van der Waals surface area contributed by atoms with E-state index in [0.717, 1.165) is 32.5 Å². The number of rotatable bonds is 3. The van der Waals surface area contributed by atoms with E-state index in [0.29, 0.717) is 32.0 Å². The lowest BCUT2D eigenvalue weighted by molar-refractivity contribution is -0.592. The number of hydrogen-bond acceptors (Lipinski definition) is 3. The Morgan fingerprint density at radius 3 is 2.29 bits per heavy atom. The second kappa shape index (κ2) is 7.80. The number of nitrogens with zero attached hydrogens (tertiary/aromatic N) is 4. The molecule has 6 nitrogen and oxygen atoms in total. The maximum Gasteiger partial charge on any atom is 0.279 e. The van der Waals surface area contributed by atoms with Crippen molar-refractivity contribution in [2.45, 2.75) is 0 Å². The van der Waals surface area contributed by atoms with E-state index < -0.39 is 0 Å². The number of aryl methyl sites for hydroxylation is 1. The normalized spacial score (nSPS) is 14.2. The van der Waals surface area contributed by atoms with Crippen molar-refractivity contribution < 1.29 is 9.52 Å². The second-order valence-corrected chi connectivity index (χ2v) is 7.83. The van der Waals surface area contributed by atoms with E-state index >= 15 is 0 Å². The Kier molecular flexibility index (Phi) is 4.82. The molecule has 0 aliphatic carbocycles. The first-order chi connectivity index (χ1) is 15.1. The van der Waals surface area contributed by atoms with Crippen molar-refractivity contribution in [2.24, 2.45) is 7.05 Å². The minimum absolute atomic E-state index is 0.0402. The van der Waals surface area contributed by atoms with Gasteiger partial charge in [-0.15, -0.1) is 0 Å². The van der Waals surface area contributed by atoms with Crippen LogP contribution in [0.4, 0.5) is 5.82 Å². The molecule has 4 aromatic rings. The highest BCUT2D eigenvalue weighted by atomic mass is 16.5. The number of hydrogen-bond donors (Lipinski definition) is 0. The van der Waals surface area contributed by atoms with Crippen LogP contribution in [0.2, 0.25) is 0 Å². The molecule has 0 N–H and O–H groups in total. The van der Waals surface area contributed by atoms with Crippen LogP contribution < -0.4 is 9.63 Å². The summed E-state index contributed by atoms with van der Waals surface area (Å²) in [7, 11) is 2.02. The largest absolute Gasteiger partial charge is 0.711 e. The van der Waals surface area contributed by atoms with E-state index in [1.807, 2.05) is 77.5 Å². The second-order valence-electron chi connectivity index (χ2n) is 7.83. The van der Waals surface area contributed by atoms with E-state index in [1.165, 1.54) is 6.20 Å². The zero-order valence-corrected chi connectivity index (χ0v) is 17.4. The third kappa shape index (κ3) is 3.30. The van der Waals surface area contributed by atoms with E-state index in [9.17, 15) is 10.0 Å². The minimum Gasteiger partial charge on any atom is -0.711 e. The van der Waals surface area contributed by atoms with Gasteiger partial charge in [-0.05, 0) is 17.7 Å². The van der Waals surface area contributed by atoms with Crippen molar-refractivity contribution in [1.82, 2.24) is 9.47 Å². The maximum atomic E-state index is 13.8. The Balaban J connectivity index is 1.49. The quantitative estimate of drug-likeness (QED) is 0.383. The SMILES string of the molecule is Cn1c(-c2ccccc2)c(C(=O)N2CCN(c3cccc[n+]3[O-])CC2)c2ccccc21. The number of amides is 1. The minimum atomic E-state index is 0.0402. The third-order valence-electron chi connectivity index (χ3n) is 6.06. The molecule has 2 aromatic heterocycles. The molecule has 5 rings (SSSR count). The van der Waals surface area contributed by atoms with Crippen LogP contribution in [0, 0.1) is 5.21 Å². The standard InChI is InChI=1S/C25H24N4O2/c1-26-21-12-6-5-11-20(21)23(24(26)19-9-3-2-4-10-19)25(30)28-17-15-27(16-18-28)22-13-7-8-14-29(22)31/h2-14H,15-18H2,1H3. The summed E-state index contributed by atoms with van der Waals surface area (Å²) < 4.78 is 2.99. The summed E-state index contributed by atoms with van der Waals surface area (Å²) in [6.45, 7) is 2.41. The predicted molar refractivity (Wildman–Crippen MR) is 122 cm³/mol. The lowest BCUT2D eigenvalue weighted by Gasteiger charge is -2.32. The van der Waals surface area contributed by atoms with E-state index in [-0.39, 0.29) is 5.91 Å². The van der Waals surface area contributed by atoms with Crippen molar-refractivity contribution in [2.75, 3.05) is 31.1 Å². The average molecular weight is 412 g/mol. The number of fused-ring (bicyclic) bond motifs is 1. The third-order valence-corrected chi connectivity index (χ3v) is 6.06. The molecule has 1 saturated heterocycles. The van der Waals surface area contributed by atoms with Crippen molar-refractivity contribution >= 4 is 22.6 Å². The summed E-state index contributed by atoms with van der Waals surface area (Å²) in [5.41, 5.74) is 3.76. The molecule has 0 radical (unpaired) electrons. The van der Waals surface area contributed by atoms with Crippen LogP contribution in [-0.2, 0) is 7.05 Å². The van der Waals surface area contributed by atoms with Gasteiger partial charge in [0, 0.05) is 24.0 Å². The highest BCUT2D eigenvalue weighted by molar-refractivity contribution is 6.12. The van der Waals surface area contributed by atoms with Crippen LogP contribution in [0.15, 0.2) is 79.0 Å². The number of benzene rings is 2. The first-order valence-corrected chi connectivity index (χ1v) is 10.5. The number of pyridine rings is 1. The Morgan fingerprint density at radius 1 is 0.871 bits per heavy atom. The highest BCUT2D eigenvalue weighted by Gasteiger charge is 2.31. The van der Waals surface area contributed by atoms with Gasteiger partial charge < -0.3 is 14.7 Å². The molecule has 156 valence electrons. The molecule has 0 unspecified atom stereocenters. The van der Waals surface area contributed by atoms with Crippen LogP contribution in [0.1, 0.15) is 10.4 Å². The number of carbonyl (C=O) groups is 1. The van der Waals surface area contributed by atoms with Gasteiger partial charge in [-0.25, -0.2) is 4.73 Å². The van der Waals surface area contributed by atoms with Crippen molar-refractivity contribution in [3.05, 3.63) is 89.8 Å². The van der Waals surface area contributed by atoms with Gasteiger partial charge >= 0.3 is 0 Å². The number of piperazine rings is 1. The Bertz CT molecular complexity index is 1240. The lowest BCUT2D eigenvalue weighted by Crippen LogP contribution is -2.51. The van der Waals surface area contributed by atoms with E-state index in [2.05, 4.69) is 10.6 Å². The molecular formula is C25H24N4O2. The van der Waals surface area contributed by atoms with Crippen molar-refractivity contribution in [3.8, 4) is 11.3 Å². The van der Waals surface area contributed by atoms with Crippen molar-refractivity contribution in [1.29, 1.82) is 0 Å². The van der Waals surface area contributed by atoms with E-state index in [4.69, 9.17) is 0 Å². The lowest BCUT2D eigenvalue weighted by atomic mass is 10.0. The molecule has 3 heterocycles. The number of para-hydroxylation sites is 1. The molecule has 6 heteroatoms. The zero-order chi connectivity index (χ0) is 21.4. The Morgan fingerprint density at radius 2 is 1.55 bits per heavy atom. The first-order valence-electron chi connectivity index (χ1n) is 10.5. The maximum absolute atomic E-state index is 13.8. The highest BCUT2D eigenvalue weighted by Crippen LogP contribution is 2.34. The summed E-state index contributed by atoms with van der Waals surface area (Å²) in [5, 5.41) is 13.1. The number of anilines is 1. The van der Waals surface area contributed by atoms with Gasteiger partial charge in [-0.1, -0.05) is 54.6 Å². The number of aromatic nitrogens is 2. The van der Waals surface area contributed by atoms with Gasteiger partial charge in [0.1, 0.15) is 13.1 Å². The Labute approximate surface area is 181 Å². The molecule has 1 fully saturated rings. The van der Waals surface area contributed by atoms with Crippen LogP contribution in [0.5, 0.6) is 0 Å². The average Bonchev–Trinajstić information content (AvgIpc) is 3.12. The molecular weight excluding hydrogens is 388 g/mol. The van der Waals surface area contributed by atoms with Gasteiger partial charge in [0.05, 0.1) is 30.5 Å². The summed E-state index contributed by atoms with van der Waals surface area (Å²) in [5.74, 6) is 0.670. The fourth-order valence-electron chi connectivity index (χ4n) is 4.50. The fraction of sp³-hybridized carbons (Fsp3) is 0.200. The summed E-state index contributed by atoms with van der Waals surface area (Å²) in [6.07, 6.45) is 1.51. The predicted octanol–water partition coefficient (Wildman–Crippen LogP) is 3.44. The zero-order valence-electron chi connectivity index (χ0n) is 17.4. The molecule has 1 aliphatic rings. The molecule has 1 aliphatic heterocycles. The molecule has 1 amide bonds. The van der Waals surface area contributed by atoms with Gasteiger partial charge in [-0.3, -0.25) is 9.69 Å². The van der Waals surface area contributed by atoms with Gasteiger partial charge in [0.25, 0.3) is 11.7 Å². The Hall–Kier alpha value is -3.80. The molecule has 0 spiro atoms. The van der Waals surface area contributed by atoms with Crippen LogP contribution in [-0.4, -0.2) is 41.6 Å². The smallest absolute Gasteiger partial charge is 0.279 e. The van der Waals surface area contributed by atoms with Crippen LogP contribution >= 0.6 is 0 Å². The molecule has 31 heavy (non-hydrogen) atoms. The molecule has 2 aromatic carbocycles. The first kappa shape index (κ1) is 19.2.